The lowest BCUT2D eigenvalue weighted by molar-refractivity contribution is -0.105. The molecular formula is C14H22N4O. The van der Waals surface area contributed by atoms with Crippen LogP contribution in [0.3, 0.4) is 0 Å². The molecule has 1 N–H and O–H groups in total. The number of nitrogens with zero attached hydrogens (tertiary/aromatic N) is 3. The Kier molecular flexibility index (Phi) is 4.27. The summed E-state index contributed by atoms with van der Waals surface area (Å²) in [5.74, 6) is 0. The van der Waals surface area contributed by atoms with Crippen LogP contribution in [0.15, 0.2) is 18.2 Å². The molecule has 0 unspecified atom stereocenters. The fraction of sp³-hybridized carbons (Fsp3) is 0.500. The maximum atomic E-state index is 10.7. The number of hydrogen-bond acceptors (Lipinski definition) is 4. The van der Waals surface area contributed by atoms with Gasteiger partial charge in [-0.25, -0.2) is 0 Å². The summed E-state index contributed by atoms with van der Waals surface area (Å²) in [5, 5.41) is 2.79. The minimum Gasteiger partial charge on any atom is -0.374 e. The van der Waals surface area contributed by atoms with Gasteiger partial charge in [0.2, 0.25) is 6.41 Å². The number of carbonyl (C=O) groups is 1. The average molecular weight is 262 g/mol. The first kappa shape index (κ1) is 13.7. The monoisotopic (exact) mass is 262 g/mol. The summed E-state index contributed by atoms with van der Waals surface area (Å²) < 4.78 is 0. The van der Waals surface area contributed by atoms with E-state index in [4.69, 9.17) is 0 Å². The van der Waals surface area contributed by atoms with Crippen molar-refractivity contribution in [1.82, 2.24) is 4.90 Å². The zero-order valence-corrected chi connectivity index (χ0v) is 11.9. The highest BCUT2D eigenvalue weighted by atomic mass is 16.1. The Hall–Kier alpha value is -1.75. The van der Waals surface area contributed by atoms with Gasteiger partial charge in [-0.2, -0.15) is 0 Å². The van der Waals surface area contributed by atoms with Crippen molar-refractivity contribution in [2.24, 2.45) is 0 Å². The quantitative estimate of drug-likeness (QED) is 0.824. The topological polar surface area (TPSA) is 38.8 Å². The number of anilines is 3. The van der Waals surface area contributed by atoms with Crippen LogP contribution in [0.5, 0.6) is 0 Å². The van der Waals surface area contributed by atoms with Crippen LogP contribution in [0.2, 0.25) is 0 Å². The van der Waals surface area contributed by atoms with Gasteiger partial charge in [-0.3, -0.25) is 4.79 Å². The molecule has 0 aromatic heterocycles. The van der Waals surface area contributed by atoms with Gasteiger partial charge in [0, 0.05) is 40.3 Å². The molecule has 1 heterocycles. The van der Waals surface area contributed by atoms with E-state index in [1.54, 1.807) is 0 Å². The molecule has 5 heteroatoms. The first-order valence-electron chi connectivity index (χ1n) is 6.57. The zero-order chi connectivity index (χ0) is 13.8. The van der Waals surface area contributed by atoms with Gasteiger partial charge in [0.25, 0.3) is 0 Å². The van der Waals surface area contributed by atoms with Crippen molar-refractivity contribution in [3.8, 4) is 0 Å². The molecule has 104 valence electrons. The molecular weight excluding hydrogens is 240 g/mol. The van der Waals surface area contributed by atoms with Gasteiger partial charge in [-0.1, -0.05) is 6.07 Å². The average Bonchev–Trinajstić information content (AvgIpc) is 2.39. The third-order valence-electron chi connectivity index (χ3n) is 3.52. The van der Waals surface area contributed by atoms with Gasteiger partial charge in [0.05, 0.1) is 17.1 Å². The van der Waals surface area contributed by atoms with Gasteiger partial charge < -0.3 is 20.0 Å². The summed E-state index contributed by atoms with van der Waals surface area (Å²) in [6.45, 7) is 4.17. The Balaban J connectivity index is 2.33. The molecule has 1 aliphatic rings. The van der Waals surface area contributed by atoms with Crippen LogP contribution < -0.4 is 15.1 Å². The molecule has 0 aliphatic carbocycles. The number of nitrogens with one attached hydrogen (secondary N) is 1. The van der Waals surface area contributed by atoms with E-state index in [9.17, 15) is 4.79 Å². The van der Waals surface area contributed by atoms with E-state index in [1.165, 1.54) is 5.69 Å². The fourth-order valence-corrected chi connectivity index (χ4v) is 2.48. The van der Waals surface area contributed by atoms with E-state index < -0.39 is 0 Å². The molecule has 2 rings (SSSR count). The van der Waals surface area contributed by atoms with Crippen molar-refractivity contribution in [2.45, 2.75) is 0 Å². The van der Waals surface area contributed by atoms with Crippen LogP contribution in [0.25, 0.3) is 0 Å². The molecule has 1 fully saturated rings. The standard InChI is InChI=1S/C14H22N4O/c1-16(2)14-12(15-11-19)5-4-6-13(14)18-9-7-17(3)8-10-18/h4-6,11H,7-10H2,1-3H3,(H,15,19). The van der Waals surface area contributed by atoms with Gasteiger partial charge in [0.1, 0.15) is 0 Å². The summed E-state index contributed by atoms with van der Waals surface area (Å²) in [6.07, 6.45) is 0.732. The lowest BCUT2D eigenvalue weighted by atomic mass is 10.1. The Morgan fingerprint density at radius 3 is 2.47 bits per heavy atom. The Morgan fingerprint density at radius 1 is 1.21 bits per heavy atom. The number of para-hydroxylation sites is 1. The second-order valence-corrected chi connectivity index (χ2v) is 5.12. The second-order valence-electron chi connectivity index (χ2n) is 5.12. The molecule has 1 aliphatic heterocycles. The van der Waals surface area contributed by atoms with Crippen LogP contribution in [-0.4, -0.2) is 58.6 Å². The molecule has 0 bridgehead atoms. The maximum Gasteiger partial charge on any atom is 0.211 e. The van der Waals surface area contributed by atoms with Crippen LogP contribution in [0, 0.1) is 0 Å². The van der Waals surface area contributed by atoms with Gasteiger partial charge in [-0.05, 0) is 19.2 Å². The first-order valence-corrected chi connectivity index (χ1v) is 6.57. The van der Waals surface area contributed by atoms with Crippen LogP contribution in [0.4, 0.5) is 17.1 Å². The van der Waals surface area contributed by atoms with Gasteiger partial charge in [-0.15, -0.1) is 0 Å². The number of benzene rings is 1. The molecule has 1 amide bonds. The van der Waals surface area contributed by atoms with Gasteiger partial charge >= 0.3 is 0 Å². The largest absolute Gasteiger partial charge is 0.374 e. The number of amides is 1. The number of piperazine rings is 1. The highest BCUT2D eigenvalue weighted by Gasteiger charge is 2.19. The zero-order valence-electron chi connectivity index (χ0n) is 11.9. The molecule has 0 atom stereocenters. The minimum absolute atomic E-state index is 0.732. The Bertz CT molecular complexity index is 439. The van der Waals surface area contributed by atoms with Crippen molar-refractivity contribution in [3.63, 3.8) is 0 Å². The number of hydrogen-bond donors (Lipinski definition) is 1. The van der Waals surface area contributed by atoms with E-state index in [0.717, 1.165) is 44.0 Å². The fourth-order valence-electron chi connectivity index (χ4n) is 2.48. The van der Waals surface area contributed by atoms with E-state index in [2.05, 4.69) is 33.1 Å². The van der Waals surface area contributed by atoms with E-state index in [0.29, 0.717) is 0 Å². The van der Waals surface area contributed by atoms with Gasteiger partial charge in [0.15, 0.2) is 0 Å². The van der Waals surface area contributed by atoms with E-state index in [-0.39, 0.29) is 0 Å². The molecule has 19 heavy (non-hydrogen) atoms. The molecule has 1 aromatic rings. The summed E-state index contributed by atoms with van der Waals surface area (Å²) in [7, 11) is 6.16. The van der Waals surface area contributed by atoms with E-state index >= 15 is 0 Å². The molecule has 1 saturated heterocycles. The lowest BCUT2D eigenvalue weighted by Gasteiger charge is -2.36. The van der Waals surface area contributed by atoms with Crippen molar-refractivity contribution in [1.29, 1.82) is 0 Å². The van der Waals surface area contributed by atoms with Crippen LogP contribution in [0.1, 0.15) is 0 Å². The molecule has 0 spiro atoms. The predicted octanol–water partition coefficient (Wildman–Crippen LogP) is 1.07. The maximum absolute atomic E-state index is 10.7. The van der Waals surface area contributed by atoms with E-state index in [1.807, 2.05) is 26.2 Å². The van der Waals surface area contributed by atoms with Crippen LogP contribution in [-0.2, 0) is 4.79 Å². The highest BCUT2D eigenvalue weighted by molar-refractivity contribution is 5.89. The number of carbonyl (C=O) groups excluding carboxylic acids is 1. The summed E-state index contributed by atoms with van der Waals surface area (Å²) >= 11 is 0. The Morgan fingerprint density at radius 2 is 1.89 bits per heavy atom. The Labute approximate surface area is 114 Å². The number of rotatable bonds is 4. The smallest absolute Gasteiger partial charge is 0.211 e. The van der Waals surface area contributed by atoms with Crippen molar-refractivity contribution in [2.75, 3.05) is 62.4 Å². The minimum atomic E-state index is 0.732. The van der Waals surface area contributed by atoms with Crippen molar-refractivity contribution in [3.05, 3.63) is 18.2 Å². The predicted molar refractivity (Wildman–Crippen MR) is 80.2 cm³/mol. The SMILES string of the molecule is CN1CCN(c2cccc(NC=O)c2N(C)C)CC1. The molecule has 0 radical (unpaired) electrons. The summed E-state index contributed by atoms with van der Waals surface area (Å²) in [5.41, 5.74) is 3.11. The van der Waals surface area contributed by atoms with Crippen LogP contribution >= 0.6 is 0 Å². The summed E-state index contributed by atoms with van der Waals surface area (Å²) in [6, 6.07) is 6.05. The third-order valence-corrected chi connectivity index (χ3v) is 3.52. The molecule has 1 aromatic carbocycles. The second kappa shape index (κ2) is 5.93. The van der Waals surface area contributed by atoms with Crippen molar-refractivity contribution >= 4 is 23.5 Å². The third kappa shape index (κ3) is 2.98. The normalized spacial score (nSPS) is 16.3. The lowest BCUT2D eigenvalue weighted by Crippen LogP contribution is -2.44. The molecule has 5 nitrogen and oxygen atoms in total. The molecule has 0 saturated carbocycles. The highest BCUT2D eigenvalue weighted by Crippen LogP contribution is 2.35. The van der Waals surface area contributed by atoms with Crippen molar-refractivity contribution < 1.29 is 4.79 Å². The first-order chi connectivity index (χ1) is 9.13. The number of likely N-dealkylation sites (N-methyl/N-ethyl adjacent to an activating group) is 1. The summed E-state index contributed by atoms with van der Waals surface area (Å²) in [4.78, 5) is 17.5.